The number of benzene rings is 1. The van der Waals surface area contributed by atoms with E-state index in [0.29, 0.717) is 5.92 Å². The van der Waals surface area contributed by atoms with Crippen molar-refractivity contribution >= 4 is 23.3 Å². The van der Waals surface area contributed by atoms with Gasteiger partial charge >= 0.3 is 6.18 Å². The summed E-state index contributed by atoms with van der Waals surface area (Å²) in [5.41, 5.74) is 1.60. The minimum absolute atomic E-state index is 0.256. The lowest BCUT2D eigenvalue weighted by molar-refractivity contribution is -0.137. The minimum atomic E-state index is -4.27. The maximum Gasteiger partial charge on any atom is 0.416 e. The second kappa shape index (κ2) is 8.66. The van der Waals surface area contributed by atoms with Crippen molar-refractivity contribution in [3.63, 3.8) is 0 Å². The molecule has 1 aromatic carbocycles. The minimum Gasteiger partial charge on any atom is -0.304 e. The molecule has 3 heterocycles. The summed E-state index contributed by atoms with van der Waals surface area (Å²) in [5, 5.41) is 13.6. The average Bonchev–Trinajstić information content (AvgIpc) is 3.05. The normalized spacial score (nSPS) is 23.0. The predicted octanol–water partition coefficient (Wildman–Crippen LogP) is 5.02. The number of alkyl halides is 3. The van der Waals surface area contributed by atoms with Crippen molar-refractivity contribution in [1.29, 1.82) is 0 Å². The third-order valence-corrected chi connectivity index (χ3v) is 8.76. The molecular weight excluding hydrogens is 469 g/mol. The van der Waals surface area contributed by atoms with Gasteiger partial charge < -0.3 is 9.47 Å². The predicted molar refractivity (Wildman–Crippen MR) is 122 cm³/mol. The zero-order chi connectivity index (χ0) is 23.2. The molecule has 1 unspecified atom stereocenters. The van der Waals surface area contributed by atoms with Gasteiger partial charge in [0.25, 0.3) is 0 Å². The summed E-state index contributed by atoms with van der Waals surface area (Å²) in [4.78, 5) is 3.45. The smallest absolute Gasteiger partial charge is 0.304 e. The number of thioether (sulfide) groups is 1. The van der Waals surface area contributed by atoms with Crippen molar-refractivity contribution in [2.75, 3.05) is 25.4 Å². The molecule has 2 aromatic heterocycles. The van der Waals surface area contributed by atoms with Gasteiger partial charge in [-0.05, 0) is 79.8 Å². The van der Waals surface area contributed by atoms with Gasteiger partial charge in [-0.2, -0.15) is 13.2 Å². The van der Waals surface area contributed by atoms with Crippen LogP contribution in [0.15, 0.2) is 29.4 Å². The molecule has 0 amide bonds. The number of halogens is 3. The third-order valence-electron chi connectivity index (χ3n) is 6.83. The van der Waals surface area contributed by atoms with Gasteiger partial charge in [0.2, 0.25) is 0 Å². The monoisotopic (exact) mass is 494 g/mol. The molecule has 3 aromatic rings. The van der Waals surface area contributed by atoms with Gasteiger partial charge in [-0.1, -0.05) is 28.4 Å². The zero-order valence-corrected chi connectivity index (χ0v) is 20.1. The largest absolute Gasteiger partial charge is 0.416 e. The van der Waals surface area contributed by atoms with Crippen LogP contribution in [-0.4, -0.2) is 54.6 Å². The van der Waals surface area contributed by atoms with Gasteiger partial charge in [-0.25, -0.2) is 0 Å². The lowest BCUT2D eigenvalue weighted by Crippen LogP contribution is -2.23. The SMILES string of the molecule is Cc1nnsc1-c1nnc(SCCCN2CCC3(C[C@@H]3c3ccc(C(F)(F)F)cc3)C2)n1C. The molecule has 0 N–H and O–H groups in total. The first-order valence-corrected chi connectivity index (χ1v) is 12.7. The van der Waals surface area contributed by atoms with Gasteiger partial charge in [-0.15, -0.1) is 15.3 Å². The van der Waals surface area contributed by atoms with Crippen molar-refractivity contribution in [2.24, 2.45) is 12.5 Å². The van der Waals surface area contributed by atoms with Crippen LogP contribution in [-0.2, 0) is 13.2 Å². The lowest BCUT2D eigenvalue weighted by atomic mass is 9.97. The van der Waals surface area contributed by atoms with Crippen LogP contribution in [0.2, 0.25) is 0 Å². The number of hydrogen-bond donors (Lipinski definition) is 0. The van der Waals surface area contributed by atoms with E-state index in [0.717, 1.165) is 71.8 Å². The van der Waals surface area contributed by atoms with Crippen LogP contribution >= 0.6 is 23.3 Å². The maximum absolute atomic E-state index is 12.8. The molecule has 2 fully saturated rings. The third kappa shape index (κ3) is 4.54. The van der Waals surface area contributed by atoms with Crippen molar-refractivity contribution < 1.29 is 13.2 Å². The highest BCUT2D eigenvalue weighted by atomic mass is 32.2. The van der Waals surface area contributed by atoms with Crippen LogP contribution in [0.25, 0.3) is 10.7 Å². The number of rotatable bonds is 7. The van der Waals surface area contributed by atoms with E-state index in [1.54, 1.807) is 23.9 Å². The summed E-state index contributed by atoms with van der Waals surface area (Å²) in [5.74, 6) is 2.15. The average molecular weight is 495 g/mol. The maximum atomic E-state index is 12.8. The highest BCUT2D eigenvalue weighted by Crippen LogP contribution is 2.64. The van der Waals surface area contributed by atoms with E-state index in [4.69, 9.17) is 0 Å². The highest BCUT2D eigenvalue weighted by Gasteiger charge is 2.57. The second-order valence-electron chi connectivity index (χ2n) is 9.02. The second-order valence-corrected chi connectivity index (χ2v) is 10.8. The van der Waals surface area contributed by atoms with E-state index >= 15 is 0 Å². The van der Waals surface area contributed by atoms with E-state index in [9.17, 15) is 13.2 Å². The number of hydrogen-bond acceptors (Lipinski definition) is 7. The Kier molecular flexibility index (Phi) is 5.98. The summed E-state index contributed by atoms with van der Waals surface area (Å²) in [7, 11) is 1.97. The Morgan fingerprint density at radius 1 is 1.18 bits per heavy atom. The molecule has 11 heteroatoms. The summed E-state index contributed by atoms with van der Waals surface area (Å²) in [6.07, 6.45) is -1.02. The summed E-state index contributed by atoms with van der Waals surface area (Å²) < 4.78 is 44.4. The van der Waals surface area contributed by atoms with Crippen LogP contribution in [0.1, 0.15) is 42.0 Å². The van der Waals surface area contributed by atoms with Crippen molar-refractivity contribution in [3.05, 3.63) is 41.1 Å². The lowest BCUT2D eigenvalue weighted by Gasteiger charge is -2.16. The van der Waals surface area contributed by atoms with Crippen LogP contribution < -0.4 is 0 Å². The van der Waals surface area contributed by atoms with Gasteiger partial charge in [0, 0.05) is 19.3 Å². The molecule has 1 saturated heterocycles. The molecule has 176 valence electrons. The van der Waals surface area contributed by atoms with E-state index in [-0.39, 0.29) is 5.41 Å². The molecular formula is C22H25F3N6S2. The van der Waals surface area contributed by atoms with Crippen LogP contribution in [0.4, 0.5) is 13.2 Å². The topological polar surface area (TPSA) is 59.7 Å². The van der Waals surface area contributed by atoms with E-state index in [1.165, 1.54) is 23.7 Å². The molecule has 2 aliphatic rings. The Morgan fingerprint density at radius 2 is 1.97 bits per heavy atom. The van der Waals surface area contributed by atoms with Gasteiger partial charge in [-0.3, -0.25) is 0 Å². The van der Waals surface area contributed by atoms with E-state index in [2.05, 4.69) is 24.7 Å². The molecule has 33 heavy (non-hydrogen) atoms. The number of likely N-dealkylation sites (tertiary alicyclic amines) is 1. The first-order chi connectivity index (χ1) is 15.8. The fraction of sp³-hybridized carbons (Fsp3) is 0.545. The molecule has 1 saturated carbocycles. The summed E-state index contributed by atoms with van der Waals surface area (Å²) >= 11 is 3.04. The first kappa shape index (κ1) is 22.8. The molecule has 0 radical (unpaired) electrons. The molecule has 1 spiro atoms. The van der Waals surface area contributed by atoms with Gasteiger partial charge in [0.05, 0.1) is 11.3 Å². The Hall–Kier alpha value is -1.98. The molecule has 1 aliphatic carbocycles. The number of aryl methyl sites for hydroxylation is 1. The van der Waals surface area contributed by atoms with E-state index in [1.807, 2.05) is 18.5 Å². The summed E-state index contributed by atoms with van der Waals surface area (Å²) in [6.45, 7) is 5.05. The molecule has 6 nitrogen and oxygen atoms in total. The molecule has 2 atom stereocenters. The first-order valence-electron chi connectivity index (χ1n) is 11.0. The van der Waals surface area contributed by atoms with Crippen LogP contribution in [0, 0.1) is 12.3 Å². The standard InChI is InChI=1S/C22H25F3N6S2/c1-14-18(33-29-26-14)19-27-28-20(30(19)2)32-11-3-9-31-10-8-21(13-31)12-17(21)15-4-6-16(7-5-15)22(23,24)25/h4-7,17H,3,8-13H2,1-2H3/t17-,21?/m1/s1. The van der Waals surface area contributed by atoms with Crippen molar-refractivity contribution in [3.8, 4) is 10.7 Å². The fourth-order valence-electron chi connectivity index (χ4n) is 4.88. The summed E-state index contributed by atoms with van der Waals surface area (Å²) in [6, 6.07) is 5.77. The van der Waals surface area contributed by atoms with Crippen molar-refractivity contribution in [2.45, 2.75) is 43.4 Å². The Morgan fingerprint density at radius 3 is 2.67 bits per heavy atom. The molecule has 0 bridgehead atoms. The van der Waals surface area contributed by atoms with Gasteiger partial charge in [0.15, 0.2) is 11.0 Å². The van der Waals surface area contributed by atoms with Gasteiger partial charge in [0.1, 0.15) is 4.88 Å². The zero-order valence-electron chi connectivity index (χ0n) is 18.5. The Bertz CT molecular complexity index is 1130. The van der Waals surface area contributed by atoms with Crippen LogP contribution in [0.3, 0.4) is 0 Å². The van der Waals surface area contributed by atoms with Crippen molar-refractivity contribution in [1.82, 2.24) is 29.3 Å². The highest BCUT2D eigenvalue weighted by molar-refractivity contribution is 7.99. The molecule has 5 rings (SSSR count). The van der Waals surface area contributed by atoms with E-state index < -0.39 is 11.7 Å². The number of aromatic nitrogens is 5. The Balaban J connectivity index is 1.09. The Labute approximate surface area is 198 Å². The fourth-order valence-corrected chi connectivity index (χ4v) is 6.39. The quantitative estimate of drug-likeness (QED) is 0.340. The number of nitrogens with zero attached hydrogens (tertiary/aromatic N) is 6. The molecule has 1 aliphatic heterocycles. The van der Waals surface area contributed by atoms with Crippen LogP contribution in [0.5, 0.6) is 0 Å².